The number of aryl methyl sites for hydroxylation is 1. The fraction of sp³-hybridized carbons (Fsp3) is 0.238. The summed E-state index contributed by atoms with van der Waals surface area (Å²) in [6.45, 7) is 3.05. The van der Waals surface area contributed by atoms with E-state index in [0.29, 0.717) is 35.9 Å². The lowest BCUT2D eigenvalue weighted by Gasteiger charge is -2.07. The number of carbonyl (C=O) groups is 1. The summed E-state index contributed by atoms with van der Waals surface area (Å²) in [7, 11) is 0. The van der Waals surface area contributed by atoms with Crippen molar-refractivity contribution in [1.82, 2.24) is 15.1 Å². The second kappa shape index (κ2) is 7.94. The zero-order chi connectivity index (χ0) is 19.5. The van der Waals surface area contributed by atoms with Crippen LogP contribution in [0.3, 0.4) is 0 Å². The van der Waals surface area contributed by atoms with Crippen molar-refractivity contribution in [2.45, 2.75) is 19.9 Å². The van der Waals surface area contributed by atoms with Crippen LogP contribution in [0, 0.1) is 6.92 Å². The van der Waals surface area contributed by atoms with Crippen molar-refractivity contribution in [3.8, 4) is 11.5 Å². The first-order valence-electron chi connectivity index (χ1n) is 9.05. The van der Waals surface area contributed by atoms with Crippen LogP contribution in [0.5, 0.6) is 11.5 Å². The molecule has 0 bridgehead atoms. The maximum Gasteiger partial charge on any atom is 0.256 e. The molecule has 6 nitrogen and oxygen atoms in total. The third kappa shape index (κ3) is 3.82. The summed E-state index contributed by atoms with van der Waals surface area (Å²) in [5, 5.41) is 7.70. The number of ether oxygens (including phenoxy) is 2. The normalized spacial score (nSPS) is 12.2. The van der Waals surface area contributed by atoms with Gasteiger partial charge in [0.2, 0.25) is 6.79 Å². The molecule has 7 heteroatoms. The number of aromatic nitrogens is 2. The summed E-state index contributed by atoms with van der Waals surface area (Å²) >= 11 is 6.44. The Kier molecular flexibility index (Phi) is 5.21. The fourth-order valence-electron chi connectivity index (χ4n) is 3.18. The second-order valence-electron chi connectivity index (χ2n) is 6.59. The number of carbonyl (C=O) groups excluding carboxylic acids is 1. The number of nitrogens with one attached hydrogen (secondary N) is 1. The molecule has 1 N–H and O–H groups in total. The summed E-state index contributed by atoms with van der Waals surface area (Å²) in [5.41, 5.74) is 3.17. The van der Waals surface area contributed by atoms with Crippen molar-refractivity contribution in [2.75, 3.05) is 13.3 Å². The van der Waals surface area contributed by atoms with Crippen LogP contribution in [0.15, 0.2) is 48.5 Å². The minimum atomic E-state index is -0.220. The first-order chi connectivity index (χ1) is 13.6. The summed E-state index contributed by atoms with van der Waals surface area (Å²) in [6.07, 6.45) is 0.678. The minimum absolute atomic E-state index is 0.220. The average molecular weight is 398 g/mol. The molecule has 0 saturated heterocycles. The van der Waals surface area contributed by atoms with Crippen LogP contribution in [0.2, 0.25) is 5.15 Å². The van der Waals surface area contributed by atoms with Gasteiger partial charge in [0.05, 0.1) is 17.8 Å². The number of halogens is 1. The lowest BCUT2D eigenvalue weighted by molar-refractivity contribution is 0.0953. The zero-order valence-corrected chi connectivity index (χ0v) is 16.2. The van der Waals surface area contributed by atoms with Crippen LogP contribution in [0.25, 0.3) is 0 Å². The fourth-order valence-corrected chi connectivity index (χ4v) is 3.50. The van der Waals surface area contributed by atoms with E-state index in [1.165, 1.54) is 0 Å². The Bertz CT molecular complexity index is 1000. The molecule has 0 unspecified atom stereocenters. The maximum atomic E-state index is 12.6. The van der Waals surface area contributed by atoms with Crippen molar-refractivity contribution in [3.63, 3.8) is 0 Å². The predicted octanol–water partition coefficient (Wildman–Crippen LogP) is 3.59. The largest absolute Gasteiger partial charge is 0.454 e. The molecule has 1 amide bonds. The van der Waals surface area contributed by atoms with Crippen LogP contribution < -0.4 is 14.8 Å². The number of nitrogens with zero attached hydrogens (tertiary/aromatic N) is 2. The van der Waals surface area contributed by atoms with Crippen molar-refractivity contribution < 1.29 is 14.3 Å². The first-order valence-corrected chi connectivity index (χ1v) is 9.43. The highest BCUT2D eigenvalue weighted by molar-refractivity contribution is 6.33. The van der Waals surface area contributed by atoms with Gasteiger partial charge in [-0.05, 0) is 36.6 Å². The second-order valence-corrected chi connectivity index (χ2v) is 6.95. The lowest BCUT2D eigenvalue weighted by atomic mass is 10.1. The van der Waals surface area contributed by atoms with E-state index in [-0.39, 0.29) is 12.7 Å². The molecule has 144 valence electrons. The molecule has 0 aliphatic carbocycles. The van der Waals surface area contributed by atoms with Gasteiger partial charge < -0.3 is 14.8 Å². The van der Waals surface area contributed by atoms with E-state index in [4.69, 9.17) is 21.1 Å². The molecular formula is C21H20ClN3O3. The van der Waals surface area contributed by atoms with Gasteiger partial charge in [-0.25, -0.2) is 4.68 Å². The molecule has 1 aliphatic heterocycles. The van der Waals surface area contributed by atoms with Crippen LogP contribution in [0.1, 0.15) is 27.2 Å². The van der Waals surface area contributed by atoms with Gasteiger partial charge in [-0.1, -0.05) is 48.0 Å². The Labute approximate surface area is 168 Å². The number of benzene rings is 2. The van der Waals surface area contributed by atoms with E-state index in [1.54, 1.807) is 11.6 Å². The van der Waals surface area contributed by atoms with E-state index >= 15 is 0 Å². The molecule has 28 heavy (non-hydrogen) atoms. The number of amides is 1. The summed E-state index contributed by atoms with van der Waals surface area (Å²) < 4.78 is 12.3. The van der Waals surface area contributed by atoms with E-state index in [0.717, 1.165) is 22.6 Å². The molecule has 4 rings (SSSR count). The summed E-state index contributed by atoms with van der Waals surface area (Å²) in [5.74, 6) is 1.27. The number of hydrogen-bond acceptors (Lipinski definition) is 4. The van der Waals surface area contributed by atoms with Gasteiger partial charge in [0.15, 0.2) is 11.5 Å². The lowest BCUT2D eigenvalue weighted by Crippen LogP contribution is -2.26. The van der Waals surface area contributed by atoms with Gasteiger partial charge in [-0.3, -0.25) is 4.79 Å². The molecule has 1 aliphatic rings. The molecular weight excluding hydrogens is 378 g/mol. The third-order valence-electron chi connectivity index (χ3n) is 4.60. The van der Waals surface area contributed by atoms with Gasteiger partial charge in [-0.2, -0.15) is 5.10 Å². The molecule has 0 atom stereocenters. The van der Waals surface area contributed by atoms with Gasteiger partial charge in [-0.15, -0.1) is 0 Å². The Morgan fingerprint density at radius 1 is 1.14 bits per heavy atom. The molecule has 0 saturated carbocycles. The molecule has 1 aromatic heterocycles. The number of hydrogen-bond donors (Lipinski definition) is 1. The summed E-state index contributed by atoms with van der Waals surface area (Å²) in [6, 6.07) is 15.7. The van der Waals surface area contributed by atoms with E-state index < -0.39 is 0 Å². The third-order valence-corrected chi connectivity index (χ3v) is 4.99. The number of rotatable bonds is 6. The molecule has 0 fully saturated rings. The monoisotopic (exact) mass is 397 g/mol. The quantitative estimate of drug-likeness (QED) is 0.690. The zero-order valence-electron chi connectivity index (χ0n) is 15.4. The van der Waals surface area contributed by atoms with Gasteiger partial charge >= 0.3 is 0 Å². The Balaban J connectivity index is 1.39. The van der Waals surface area contributed by atoms with Crippen LogP contribution in [-0.2, 0) is 13.0 Å². The average Bonchev–Trinajstić information content (AvgIpc) is 3.26. The highest BCUT2D eigenvalue weighted by Gasteiger charge is 2.20. The van der Waals surface area contributed by atoms with Crippen LogP contribution in [0.4, 0.5) is 0 Å². The summed E-state index contributed by atoms with van der Waals surface area (Å²) in [4.78, 5) is 12.6. The van der Waals surface area contributed by atoms with Gasteiger partial charge in [0.25, 0.3) is 5.91 Å². The van der Waals surface area contributed by atoms with Crippen molar-refractivity contribution in [2.24, 2.45) is 0 Å². The van der Waals surface area contributed by atoms with Crippen LogP contribution in [-0.4, -0.2) is 29.0 Å². The Morgan fingerprint density at radius 3 is 2.75 bits per heavy atom. The first kappa shape index (κ1) is 18.4. The topological polar surface area (TPSA) is 65.4 Å². The molecule has 2 aromatic carbocycles. The maximum absolute atomic E-state index is 12.6. The Hall–Kier alpha value is -2.99. The highest BCUT2D eigenvalue weighted by atomic mass is 35.5. The van der Waals surface area contributed by atoms with Gasteiger partial charge in [0.1, 0.15) is 5.15 Å². The Morgan fingerprint density at radius 2 is 1.93 bits per heavy atom. The smallest absolute Gasteiger partial charge is 0.256 e. The van der Waals surface area contributed by atoms with Crippen molar-refractivity contribution in [3.05, 3.63) is 76.1 Å². The van der Waals surface area contributed by atoms with Crippen molar-refractivity contribution >= 4 is 17.5 Å². The van der Waals surface area contributed by atoms with E-state index in [9.17, 15) is 4.79 Å². The van der Waals surface area contributed by atoms with E-state index in [1.807, 2.05) is 48.5 Å². The standard InChI is InChI=1S/C21H20ClN3O3/c1-14-19(20(22)25(24-14)12-16-5-3-2-4-6-16)21(26)23-10-9-15-7-8-17-18(11-15)28-13-27-17/h2-8,11H,9-10,12-13H2,1H3,(H,23,26). The van der Waals surface area contributed by atoms with Crippen LogP contribution >= 0.6 is 11.6 Å². The molecule has 2 heterocycles. The van der Waals surface area contributed by atoms with Crippen molar-refractivity contribution in [1.29, 1.82) is 0 Å². The molecule has 0 radical (unpaired) electrons. The minimum Gasteiger partial charge on any atom is -0.454 e. The van der Waals surface area contributed by atoms with Gasteiger partial charge in [0, 0.05) is 6.54 Å². The number of fused-ring (bicyclic) bond motifs is 1. The highest BCUT2D eigenvalue weighted by Crippen LogP contribution is 2.32. The molecule has 0 spiro atoms. The van der Waals surface area contributed by atoms with E-state index in [2.05, 4.69) is 10.4 Å². The SMILES string of the molecule is Cc1nn(Cc2ccccc2)c(Cl)c1C(=O)NCCc1ccc2c(c1)OCO2. The molecule has 3 aromatic rings. The predicted molar refractivity (Wildman–Crippen MR) is 106 cm³/mol.